The third-order valence-electron chi connectivity index (χ3n) is 0.1000. The maximum Gasteiger partial charge on any atom is 3.00 e. The minimum Gasteiger partial charge on any atom is -0.390 e. The molecule has 0 amide bonds. The number of rotatable bonds is 0. The predicted molar refractivity (Wildman–Crippen MR) is 41.2 cm³/mol. The van der Waals surface area contributed by atoms with Crippen LogP contribution in [0.1, 0.15) is 0 Å². The van der Waals surface area contributed by atoms with Crippen LogP contribution in [-0.2, 0) is 0 Å². The predicted octanol–water partition coefficient (Wildman–Crippen LogP) is 2.82. The zero-order valence-corrected chi connectivity index (χ0v) is 13.6. The maximum atomic E-state index is 3.00. The summed E-state index contributed by atoms with van der Waals surface area (Å²) in [5.41, 5.74) is 0. The number of azo groups is 1. The van der Waals surface area contributed by atoms with Gasteiger partial charge in [-0.3, -0.25) is 14.1 Å². The van der Waals surface area contributed by atoms with Crippen LogP contribution in [0.3, 0.4) is 0 Å². The van der Waals surface area contributed by atoms with Gasteiger partial charge in [-0.15, -0.1) is 0 Å². The van der Waals surface area contributed by atoms with Crippen molar-refractivity contribution in [2.24, 2.45) is 10.2 Å². The SMILES string of the molecule is [CH2-]N=N[CH2-].[CH3-].[CH3-].[CH3-].[CH3-].[Ce+3].[Ce+3]. The molecule has 0 rings (SSSR count). The maximum absolute atomic E-state index is 3.00. The molecule has 0 bridgehead atoms. The fraction of sp³-hybridized carbons (Fsp3) is 0. The van der Waals surface area contributed by atoms with Gasteiger partial charge in [0.05, 0.1) is 0 Å². The van der Waals surface area contributed by atoms with Gasteiger partial charge in [0.2, 0.25) is 0 Å². The van der Waals surface area contributed by atoms with Crippen LogP contribution < -0.4 is 0 Å². The van der Waals surface area contributed by atoms with E-state index in [0.29, 0.717) is 0 Å². The molecule has 0 aliphatic carbocycles. The Labute approximate surface area is 135 Å². The van der Waals surface area contributed by atoms with E-state index in [0.717, 1.165) is 0 Å². The van der Waals surface area contributed by atoms with Crippen LogP contribution in [0.5, 0.6) is 0 Å². The zero-order valence-electron chi connectivity index (χ0n) is 7.31. The van der Waals surface area contributed by atoms with Gasteiger partial charge in [0.25, 0.3) is 0 Å². The molecular formula is C6H16Ce2N2. The van der Waals surface area contributed by atoms with E-state index in [1.165, 1.54) is 0 Å². The smallest absolute Gasteiger partial charge is 0.390 e. The molecule has 10 heavy (non-hydrogen) atoms. The second-order valence-electron chi connectivity index (χ2n) is 0.283. The van der Waals surface area contributed by atoms with Gasteiger partial charge in [-0.2, -0.15) is 0 Å². The van der Waals surface area contributed by atoms with Crippen molar-refractivity contribution in [1.29, 1.82) is 0 Å². The van der Waals surface area contributed by atoms with Gasteiger partial charge >= 0.3 is 83.5 Å². The van der Waals surface area contributed by atoms with Crippen molar-refractivity contribution in [3.63, 3.8) is 0 Å². The quantitative estimate of drug-likeness (QED) is 0.444. The molecule has 2 nitrogen and oxygen atoms in total. The average Bonchev–Trinajstić information content (AvgIpc) is 1.37. The summed E-state index contributed by atoms with van der Waals surface area (Å²) >= 11 is 0. The van der Waals surface area contributed by atoms with E-state index in [4.69, 9.17) is 0 Å². The van der Waals surface area contributed by atoms with Crippen molar-refractivity contribution in [2.45, 2.75) is 0 Å². The molecular weight excluding hydrogens is 380 g/mol. The number of hydrogen-bond donors (Lipinski definition) is 0. The van der Waals surface area contributed by atoms with Crippen molar-refractivity contribution >= 4 is 0 Å². The third kappa shape index (κ3) is 87.2. The standard InChI is InChI=1S/C2H4N2.4CH3.2Ce/c1-3-4-2;;;;;;/h1-2H2;4*1H3;;/q-2;4*-1;2*+3. The van der Waals surface area contributed by atoms with E-state index in [-0.39, 0.29) is 113 Å². The molecule has 4 heteroatoms. The first-order chi connectivity index (χ1) is 1.91. The monoisotopic (exact) mass is 396 g/mol. The molecule has 58 valence electrons. The van der Waals surface area contributed by atoms with Crippen LogP contribution in [0.15, 0.2) is 10.2 Å². The Bertz CT molecular complexity index is 28.9. The molecule has 0 saturated heterocycles. The first-order valence-corrected chi connectivity index (χ1v) is 0.832. The van der Waals surface area contributed by atoms with Gasteiger partial charge in [0.1, 0.15) is 0 Å². The van der Waals surface area contributed by atoms with E-state index in [2.05, 4.69) is 24.3 Å². The summed E-state index contributed by atoms with van der Waals surface area (Å²) < 4.78 is 0. The van der Waals surface area contributed by atoms with E-state index >= 15 is 0 Å². The molecule has 0 aromatic heterocycles. The molecule has 0 atom stereocenters. The molecule has 0 aromatic carbocycles. The number of nitrogens with zero attached hydrogens (tertiary/aromatic N) is 2. The Kier molecular flexibility index (Phi) is 387. The van der Waals surface area contributed by atoms with E-state index in [1.54, 1.807) is 0 Å². The van der Waals surface area contributed by atoms with Crippen molar-refractivity contribution in [3.8, 4) is 0 Å². The van der Waals surface area contributed by atoms with E-state index in [9.17, 15) is 0 Å². The molecule has 0 saturated carbocycles. The van der Waals surface area contributed by atoms with E-state index in [1.807, 2.05) is 0 Å². The van der Waals surface area contributed by atoms with Gasteiger partial charge in [-0.05, 0) is 0 Å². The van der Waals surface area contributed by atoms with Crippen LogP contribution in [0.25, 0.3) is 0 Å². The first kappa shape index (κ1) is 57.4. The fourth-order valence-electron chi connectivity index (χ4n) is 0. The second-order valence-corrected chi connectivity index (χ2v) is 0.283. The van der Waals surface area contributed by atoms with Crippen molar-refractivity contribution < 1.29 is 83.5 Å². The van der Waals surface area contributed by atoms with Crippen LogP contribution in [-0.4, -0.2) is 0 Å². The summed E-state index contributed by atoms with van der Waals surface area (Å²) in [6.07, 6.45) is 0. The Balaban J connectivity index is -0.00000000300. The Morgan fingerprint density at radius 2 is 0.700 bits per heavy atom. The molecule has 0 aliphatic heterocycles. The van der Waals surface area contributed by atoms with Crippen LogP contribution in [0, 0.1) is 127 Å². The van der Waals surface area contributed by atoms with Gasteiger partial charge in [0.15, 0.2) is 0 Å². The van der Waals surface area contributed by atoms with Crippen LogP contribution >= 0.6 is 0 Å². The van der Waals surface area contributed by atoms with Gasteiger partial charge in [-0.1, -0.05) is 0 Å². The Morgan fingerprint density at radius 1 is 0.600 bits per heavy atom. The summed E-state index contributed by atoms with van der Waals surface area (Å²) in [4.78, 5) is 0. The number of hydrogen-bond acceptors (Lipinski definition) is 2. The third-order valence-corrected chi connectivity index (χ3v) is 0.1000. The average molecular weight is 396 g/mol. The summed E-state index contributed by atoms with van der Waals surface area (Å²) in [5, 5.41) is 6.00. The molecule has 0 N–H and O–H groups in total. The van der Waals surface area contributed by atoms with Crippen LogP contribution in [0.2, 0.25) is 0 Å². The zero-order chi connectivity index (χ0) is 3.41. The van der Waals surface area contributed by atoms with Gasteiger partial charge in [-0.25, -0.2) is 0 Å². The summed E-state index contributed by atoms with van der Waals surface area (Å²) in [5.74, 6) is 0. The Morgan fingerprint density at radius 3 is 0.700 bits per heavy atom. The molecule has 2 radical (unpaired) electrons. The van der Waals surface area contributed by atoms with E-state index < -0.39 is 0 Å². The Hall–Kier alpha value is 2.09. The normalized spacial score (nSPS) is 3.60. The van der Waals surface area contributed by atoms with Gasteiger partial charge in [0, 0.05) is 0 Å². The first-order valence-electron chi connectivity index (χ1n) is 0.832. The molecule has 0 aliphatic rings. The summed E-state index contributed by atoms with van der Waals surface area (Å²) in [6.45, 7) is 0. The minimum absolute atomic E-state index is 0. The van der Waals surface area contributed by atoms with Crippen molar-refractivity contribution in [2.75, 3.05) is 0 Å². The topological polar surface area (TPSA) is 24.7 Å². The van der Waals surface area contributed by atoms with Gasteiger partial charge < -0.3 is 39.9 Å². The molecule has 0 aromatic rings. The summed E-state index contributed by atoms with van der Waals surface area (Å²) in [6, 6.07) is 0. The molecule has 0 fully saturated rings. The fourth-order valence-corrected chi connectivity index (χ4v) is 0. The molecule has 0 spiro atoms. The molecule has 0 heterocycles. The van der Waals surface area contributed by atoms with Crippen molar-refractivity contribution in [1.82, 2.24) is 0 Å². The largest absolute Gasteiger partial charge is 3.00 e. The summed E-state index contributed by atoms with van der Waals surface area (Å²) in [7, 11) is 6.00. The van der Waals surface area contributed by atoms with Crippen molar-refractivity contribution in [3.05, 3.63) is 43.8 Å². The second kappa shape index (κ2) is 67.5. The van der Waals surface area contributed by atoms with Crippen LogP contribution in [0.4, 0.5) is 0 Å². The minimum atomic E-state index is 0. The molecule has 0 unspecified atom stereocenters.